The fraction of sp³-hybridized carbons (Fsp3) is 0.448. The third-order valence-electron chi connectivity index (χ3n) is 7.11. The van der Waals surface area contributed by atoms with Gasteiger partial charge in [-0.15, -0.1) is 0 Å². The Labute approximate surface area is 197 Å². The van der Waals surface area contributed by atoms with Crippen LogP contribution >= 0.6 is 0 Å². The molecular weight excluding hydrogens is 408 g/mol. The molecule has 2 aromatic carbocycles. The van der Waals surface area contributed by atoms with Crippen LogP contribution in [0.2, 0.25) is 0 Å². The molecule has 2 heterocycles. The number of benzene rings is 2. The first kappa shape index (κ1) is 23.6. The second-order valence-electron chi connectivity index (χ2n) is 9.35. The Morgan fingerprint density at radius 1 is 0.818 bits per heavy atom. The van der Waals surface area contributed by atoms with Gasteiger partial charge in [-0.25, -0.2) is 0 Å². The van der Waals surface area contributed by atoms with Crippen LogP contribution in [-0.4, -0.2) is 26.2 Å². The second kappa shape index (κ2) is 11.5. The lowest BCUT2D eigenvalue weighted by molar-refractivity contribution is 0.236. The average Bonchev–Trinajstić information content (AvgIpc) is 3.46. The van der Waals surface area contributed by atoms with Gasteiger partial charge in [0.1, 0.15) is 11.2 Å². The summed E-state index contributed by atoms with van der Waals surface area (Å²) in [4.78, 5) is 0. The lowest BCUT2D eigenvalue weighted by Gasteiger charge is -2.33. The molecule has 2 N–H and O–H groups in total. The van der Waals surface area contributed by atoms with Crippen molar-refractivity contribution in [2.45, 2.75) is 64.0 Å². The van der Waals surface area contributed by atoms with Gasteiger partial charge in [-0.2, -0.15) is 0 Å². The van der Waals surface area contributed by atoms with Crippen LogP contribution in [0.15, 0.2) is 69.9 Å². The SMILES string of the molecule is CCCC(Cc1ccc2ccoc2c1)NC.CNC(Cc1ccc2ccoc2c1)C1CCC1. The molecule has 4 heteroatoms. The molecule has 1 fully saturated rings. The summed E-state index contributed by atoms with van der Waals surface area (Å²) in [5.41, 5.74) is 4.71. The summed E-state index contributed by atoms with van der Waals surface area (Å²) in [6.45, 7) is 2.22. The Balaban J connectivity index is 0.000000157. The van der Waals surface area contributed by atoms with Crippen LogP contribution in [0.4, 0.5) is 0 Å². The molecule has 4 aromatic rings. The maximum absolute atomic E-state index is 5.45. The van der Waals surface area contributed by atoms with E-state index in [-0.39, 0.29) is 0 Å². The largest absolute Gasteiger partial charge is 0.464 e. The Kier molecular flexibility index (Phi) is 8.25. The Morgan fingerprint density at radius 3 is 1.91 bits per heavy atom. The summed E-state index contributed by atoms with van der Waals surface area (Å²) in [6, 6.07) is 18.2. The van der Waals surface area contributed by atoms with Gasteiger partial charge >= 0.3 is 0 Å². The molecule has 0 saturated heterocycles. The second-order valence-corrected chi connectivity index (χ2v) is 9.35. The maximum atomic E-state index is 5.45. The van der Waals surface area contributed by atoms with Crippen molar-refractivity contribution in [3.05, 3.63) is 72.2 Å². The van der Waals surface area contributed by atoms with Gasteiger partial charge in [0.2, 0.25) is 0 Å². The number of likely N-dealkylation sites (N-methyl/N-ethyl adjacent to an activating group) is 2. The van der Waals surface area contributed by atoms with E-state index in [9.17, 15) is 0 Å². The molecule has 0 amide bonds. The quantitative estimate of drug-likeness (QED) is 0.299. The summed E-state index contributed by atoms with van der Waals surface area (Å²) in [5, 5.41) is 9.20. The van der Waals surface area contributed by atoms with Crippen LogP contribution in [0.3, 0.4) is 0 Å². The summed E-state index contributed by atoms with van der Waals surface area (Å²) < 4.78 is 10.9. The third kappa shape index (κ3) is 6.07. The van der Waals surface area contributed by atoms with E-state index in [1.54, 1.807) is 12.5 Å². The van der Waals surface area contributed by atoms with Crippen LogP contribution in [-0.2, 0) is 12.8 Å². The normalized spacial score (nSPS) is 15.7. The maximum Gasteiger partial charge on any atom is 0.134 e. The average molecular weight is 447 g/mol. The van der Waals surface area contributed by atoms with Crippen molar-refractivity contribution >= 4 is 21.9 Å². The highest BCUT2D eigenvalue weighted by molar-refractivity contribution is 5.78. The van der Waals surface area contributed by atoms with Gasteiger partial charge in [-0.3, -0.25) is 0 Å². The minimum absolute atomic E-state index is 0.567. The first-order chi connectivity index (χ1) is 16.2. The van der Waals surface area contributed by atoms with Gasteiger partial charge in [-0.1, -0.05) is 44.0 Å². The minimum Gasteiger partial charge on any atom is -0.464 e. The van der Waals surface area contributed by atoms with E-state index >= 15 is 0 Å². The standard InChI is InChI=1S/C15H19NO.C14H19NO/c1-16-14(12-3-2-4-12)9-11-5-6-13-7-8-17-15(13)10-11;1-3-4-13(15-2)9-11-5-6-12-7-8-16-14(12)10-11/h5-8,10,12,14,16H,2-4,9H2,1H3;5-8,10,13,15H,3-4,9H2,1-2H3. The van der Waals surface area contributed by atoms with Gasteiger partial charge in [-0.05, 0) is 87.5 Å². The number of fused-ring (bicyclic) bond motifs is 2. The van der Waals surface area contributed by atoms with Gasteiger partial charge in [0.25, 0.3) is 0 Å². The minimum atomic E-state index is 0.567. The Morgan fingerprint density at radius 2 is 1.42 bits per heavy atom. The van der Waals surface area contributed by atoms with Gasteiger partial charge in [0.15, 0.2) is 0 Å². The number of furan rings is 2. The topological polar surface area (TPSA) is 50.3 Å². The molecule has 0 spiro atoms. The van der Waals surface area contributed by atoms with E-state index in [4.69, 9.17) is 8.83 Å². The van der Waals surface area contributed by atoms with Crippen LogP contribution in [0.5, 0.6) is 0 Å². The molecule has 2 unspecified atom stereocenters. The van der Waals surface area contributed by atoms with Crippen molar-refractivity contribution in [2.75, 3.05) is 14.1 Å². The molecule has 0 radical (unpaired) electrons. The molecule has 1 aliphatic carbocycles. The monoisotopic (exact) mass is 446 g/mol. The predicted octanol–water partition coefficient (Wildman–Crippen LogP) is 6.73. The lowest BCUT2D eigenvalue weighted by atomic mass is 9.77. The number of hydrogen-bond donors (Lipinski definition) is 2. The summed E-state index contributed by atoms with van der Waals surface area (Å²) in [7, 11) is 4.11. The molecule has 4 nitrogen and oxygen atoms in total. The van der Waals surface area contributed by atoms with Gasteiger partial charge < -0.3 is 19.5 Å². The van der Waals surface area contributed by atoms with Gasteiger partial charge in [0.05, 0.1) is 12.5 Å². The van der Waals surface area contributed by atoms with Crippen LogP contribution < -0.4 is 10.6 Å². The summed E-state index contributed by atoms with van der Waals surface area (Å²) in [5.74, 6) is 0.868. The highest BCUT2D eigenvalue weighted by atomic mass is 16.3. The zero-order valence-corrected chi connectivity index (χ0v) is 20.3. The predicted molar refractivity (Wildman–Crippen MR) is 138 cm³/mol. The molecule has 2 aromatic heterocycles. The number of rotatable bonds is 9. The third-order valence-corrected chi connectivity index (χ3v) is 7.11. The highest BCUT2D eigenvalue weighted by Gasteiger charge is 2.26. The Hall–Kier alpha value is -2.56. The van der Waals surface area contributed by atoms with E-state index in [1.165, 1.54) is 54.0 Å². The van der Waals surface area contributed by atoms with E-state index < -0.39 is 0 Å². The van der Waals surface area contributed by atoms with Gasteiger partial charge in [0, 0.05) is 22.9 Å². The zero-order chi connectivity index (χ0) is 23.0. The smallest absolute Gasteiger partial charge is 0.134 e. The van der Waals surface area contributed by atoms with E-state index in [2.05, 4.69) is 61.0 Å². The zero-order valence-electron chi connectivity index (χ0n) is 20.3. The summed E-state index contributed by atoms with van der Waals surface area (Å²) in [6.07, 6.45) is 12.3. The molecule has 2 atom stereocenters. The lowest BCUT2D eigenvalue weighted by Crippen LogP contribution is -2.38. The molecule has 1 aliphatic rings. The van der Waals surface area contributed by atoms with Crippen LogP contribution in [0.1, 0.15) is 50.2 Å². The number of hydrogen-bond acceptors (Lipinski definition) is 4. The Bertz CT molecular complexity index is 1120. The highest BCUT2D eigenvalue weighted by Crippen LogP contribution is 2.31. The fourth-order valence-corrected chi connectivity index (χ4v) is 4.83. The first-order valence-corrected chi connectivity index (χ1v) is 12.5. The first-order valence-electron chi connectivity index (χ1n) is 12.5. The molecule has 0 bridgehead atoms. The number of nitrogens with one attached hydrogen (secondary N) is 2. The molecular formula is C29H38N2O2. The van der Waals surface area contributed by atoms with Crippen molar-refractivity contribution in [2.24, 2.45) is 5.92 Å². The van der Waals surface area contributed by atoms with Crippen molar-refractivity contribution < 1.29 is 8.83 Å². The molecule has 176 valence electrons. The van der Waals surface area contributed by atoms with Crippen LogP contribution in [0.25, 0.3) is 21.9 Å². The molecule has 33 heavy (non-hydrogen) atoms. The molecule has 5 rings (SSSR count). The summed E-state index contributed by atoms with van der Waals surface area (Å²) >= 11 is 0. The van der Waals surface area contributed by atoms with Crippen LogP contribution in [0, 0.1) is 5.92 Å². The van der Waals surface area contributed by atoms with E-state index in [0.29, 0.717) is 12.1 Å². The van der Waals surface area contributed by atoms with E-state index in [1.807, 2.05) is 19.2 Å². The van der Waals surface area contributed by atoms with E-state index in [0.717, 1.165) is 29.9 Å². The van der Waals surface area contributed by atoms with Crippen molar-refractivity contribution in [3.63, 3.8) is 0 Å². The molecule has 0 aliphatic heterocycles. The fourth-order valence-electron chi connectivity index (χ4n) is 4.83. The molecule has 1 saturated carbocycles. The van der Waals surface area contributed by atoms with Crippen molar-refractivity contribution in [1.82, 2.24) is 10.6 Å². The van der Waals surface area contributed by atoms with Crippen molar-refractivity contribution in [1.29, 1.82) is 0 Å². The van der Waals surface area contributed by atoms with Crippen molar-refractivity contribution in [3.8, 4) is 0 Å².